The van der Waals surface area contributed by atoms with Gasteiger partial charge >= 0.3 is 0 Å². The molecule has 116 valence electrons. The van der Waals surface area contributed by atoms with E-state index in [0.29, 0.717) is 23.3 Å². The molecular formula is C17H16N4O2. The molecule has 0 amide bonds. The molecule has 1 aliphatic rings. The van der Waals surface area contributed by atoms with Crippen LogP contribution in [0.2, 0.25) is 0 Å². The van der Waals surface area contributed by atoms with E-state index in [4.69, 9.17) is 4.52 Å². The number of nitrogens with one attached hydrogen (secondary N) is 1. The fourth-order valence-electron chi connectivity index (χ4n) is 2.47. The molecule has 2 aromatic heterocycles. The molecule has 1 fully saturated rings. The molecule has 2 heterocycles. The van der Waals surface area contributed by atoms with Crippen molar-refractivity contribution in [1.82, 2.24) is 20.1 Å². The summed E-state index contributed by atoms with van der Waals surface area (Å²) in [5.41, 5.74) is 2.37. The maximum atomic E-state index is 11.8. The number of rotatable bonds is 4. The van der Waals surface area contributed by atoms with Gasteiger partial charge in [0.15, 0.2) is 0 Å². The number of benzene rings is 1. The first-order valence-corrected chi connectivity index (χ1v) is 7.77. The third kappa shape index (κ3) is 2.79. The van der Waals surface area contributed by atoms with Gasteiger partial charge in [0.1, 0.15) is 11.5 Å². The predicted octanol–water partition coefficient (Wildman–Crippen LogP) is 2.93. The highest BCUT2D eigenvalue weighted by Gasteiger charge is 2.27. The molecule has 0 radical (unpaired) electrons. The molecular weight excluding hydrogens is 292 g/mol. The SMILES string of the molecule is CCc1ccc(-c2noc(-c3cc(=O)[nH]c(C4CC4)n3)n2)cc1. The van der Waals surface area contributed by atoms with Crippen molar-refractivity contribution >= 4 is 0 Å². The fourth-order valence-corrected chi connectivity index (χ4v) is 2.47. The summed E-state index contributed by atoms with van der Waals surface area (Å²) in [6.45, 7) is 2.11. The Balaban J connectivity index is 1.68. The van der Waals surface area contributed by atoms with Crippen LogP contribution < -0.4 is 5.56 Å². The summed E-state index contributed by atoms with van der Waals surface area (Å²) in [5.74, 6) is 1.83. The molecule has 0 aliphatic heterocycles. The lowest BCUT2D eigenvalue weighted by molar-refractivity contribution is 0.430. The van der Waals surface area contributed by atoms with Crippen molar-refractivity contribution < 1.29 is 4.52 Å². The summed E-state index contributed by atoms with van der Waals surface area (Å²) < 4.78 is 5.30. The van der Waals surface area contributed by atoms with Crippen LogP contribution in [0, 0.1) is 0 Å². The quantitative estimate of drug-likeness (QED) is 0.801. The molecule has 0 unspecified atom stereocenters. The van der Waals surface area contributed by atoms with E-state index in [1.54, 1.807) is 0 Å². The summed E-state index contributed by atoms with van der Waals surface area (Å²) in [5, 5.41) is 4.00. The zero-order chi connectivity index (χ0) is 15.8. The predicted molar refractivity (Wildman–Crippen MR) is 84.9 cm³/mol. The highest BCUT2D eigenvalue weighted by Crippen LogP contribution is 2.37. The molecule has 23 heavy (non-hydrogen) atoms. The number of nitrogens with zero attached hydrogens (tertiary/aromatic N) is 3. The normalized spacial score (nSPS) is 14.1. The highest BCUT2D eigenvalue weighted by molar-refractivity contribution is 5.58. The number of H-pyrrole nitrogens is 1. The molecule has 4 rings (SSSR count). The maximum absolute atomic E-state index is 11.8. The average molecular weight is 308 g/mol. The molecule has 0 atom stereocenters. The molecule has 6 nitrogen and oxygen atoms in total. The summed E-state index contributed by atoms with van der Waals surface area (Å²) in [6.07, 6.45) is 3.11. The van der Waals surface area contributed by atoms with E-state index in [9.17, 15) is 4.79 Å². The number of hydrogen-bond acceptors (Lipinski definition) is 5. The zero-order valence-electron chi connectivity index (χ0n) is 12.7. The first-order valence-electron chi connectivity index (χ1n) is 7.77. The lowest BCUT2D eigenvalue weighted by atomic mass is 10.1. The Kier molecular flexibility index (Phi) is 3.29. The first-order chi connectivity index (χ1) is 11.2. The Labute approximate surface area is 132 Å². The Morgan fingerprint density at radius 1 is 1.22 bits per heavy atom. The minimum absolute atomic E-state index is 0.191. The van der Waals surface area contributed by atoms with Crippen LogP contribution in [0.15, 0.2) is 39.6 Å². The van der Waals surface area contributed by atoms with Crippen LogP contribution in [0.4, 0.5) is 0 Å². The molecule has 6 heteroatoms. The second-order valence-corrected chi connectivity index (χ2v) is 5.76. The monoisotopic (exact) mass is 308 g/mol. The van der Waals surface area contributed by atoms with Gasteiger partial charge in [0.25, 0.3) is 11.4 Å². The molecule has 0 saturated heterocycles. The standard InChI is InChI=1S/C17H16N4O2/c1-2-10-3-5-12(6-4-10)16-20-17(23-21-16)13-9-14(22)19-15(18-13)11-7-8-11/h3-6,9,11H,2,7-8H2,1H3,(H,18,19,22). The van der Waals surface area contributed by atoms with E-state index in [-0.39, 0.29) is 11.4 Å². The smallest absolute Gasteiger partial charge is 0.277 e. The molecule has 1 aromatic carbocycles. The number of aromatic nitrogens is 4. The Morgan fingerprint density at radius 2 is 2.00 bits per heavy atom. The first kappa shape index (κ1) is 13.9. The van der Waals surface area contributed by atoms with Gasteiger partial charge < -0.3 is 9.51 Å². The molecule has 0 spiro atoms. The van der Waals surface area contributed by atoms with Crippen molar-refractivity contribution in [2.45, 2.75) is 32.1 Å². The van der Waals surface area contributed by atoms with E-state index in [1.165, 1.54) is 11.6 Å². The van der Waals surface area contributed by atoms with E-state index >= 15 is 0 Å². The van der Waals surface area contributed by atoms with Crippen molar-refractivity contribution in [3.05, 3.63) is 52.1 Å². The minimum Gasteiger partial charge on any atom is -0.332 e. The van der Waals surface area contributed by atoms with E-state index in [1.807, 2.05) is 24.3 Å². The van der Waals surface area contributed by atoms with Gasteiger partial charge in [0, 0.05) is 17.5 Å². The lowest BCUT2D eigenvalue weighted by Gasteiger charge is -1.99. The van der Waals surface area contributed by atoms with Crippen molar-refractivity contribution in [2.75, 3.05) is 0 Å². The summed E-state index contributed by atoms with van der Waals surface area (Å²) in [6, 6.07) is 9.41. The second kappa shape index (κ2) is 5.46. The summed E-state index contributed by atoms with van der Waals surface area (Å²) in [4.78, 5) is 23.4. The number of aryl methyl sites for hydroxylation is 1. The van der Waals surface area contributed by atoms with Crippen LogP contribution in [-0.2, 0) is 6.42 Å². The topological polar surface area (TPSA) is 84.7 Å². The van der Waals surface area contributed by atoms with Crippen molar-refractivity contribution in [1.29, 1.82) is 0 Å². The Hall–Kier alpha value is -2.76. The van der Waals surface area contributed by atoms with Crippen molar-refractivity contribution in [2.24, 2.45) is 0 Å². The second-order valence-electron chi connectivity index (χ2n) is 5.76. The molecule has 0 bridgehead atoms. The van der Waals surface area contributed by atoms with Crippen LogP contribution in [0.25, 0.3) is 23.0 Å². The van der Waals surface area contributed by atoms with Gasteiger partial charge in [-0.1, -0.05) is 36.3 Å². The highest BCUT2D eigenvalue weighted by atomic mass is 16.5. The van der Waals surface area contributed by atoms with Gasteiger partial charge in [-0.3, -0.25) is 4.79 Å². The van der Waals surface area contributed by atoms with Crippen LogP contribution in [0.1, 0.15) is 37.1 Å². The Morgan fingerprint density at radius 3 is 2.70 bits per heavy atom. The van der Waals surface area contributed by atoms with Crippen LogP contribution in [0.5, 0.6) is 0 Å². The van der Waals surface area contributed by atoms with Gasteiger partial charge in [-0.2, -0.15) is 4.98 Å². The number of hydrogen-bond donors (Lipinski definition) is 1. The van der Waals surface area contributed by atoms with Crippen molar-refractivity contribution in [3.63, 3.8) is 0 Å². The average Bonchev–Trinajstić information content (AvgIpc) is 3.31. The molecule has 1 saturated carbocycles. The molecule has 1 aliphatic carbocycles. The van der Waals surface area contributed by atoms with Crippen LogP contribution in [-0.4, -0.2) is 20.1 Å². The Bertz CT molecular complexity index is 891. The van der Waals surface area contributed by atoms with E-state index < -0.39 is 0 Å². The van der Waals surface area contributed by atoms with Crippen molar-refractivity contribution in [3.8, 4) is 23.0 Å². The minimum atomic E-state index is -0.191. The molecule has 3 aromatic rings. The zero-order valence-corrected chi connectivity index (χ0v) is 12.7. The van der Waals surface area contributed by atoms with E-state index in [2.05, 4.69) is 27.0 Å². The fraction of sp³-hybridized carbons (Fsp3) is 0.294. The molecule has 1 N–H and O–H groups in total. The summed E-state index contributed by atoms with van der Waals surface area (Å²) in [7, 11) is 0. The van der Waals surface area contributed by atoms with Gasteiger partial charge in [0.2, 0.25) is 5.82 Å². The third-order valence-corrected chi connectivity index (χ3v) is 3.99. The van der Waals surface area contributed by atoms with E-state index in [0.717, 1.165) is 24.8 Å². The largest absolute Gasteiger partial charge is 0.332 e. The summed E-state index contributed by atoms with van der Waals surface area (Å²) >= 11 is 0. The third-order valence-electron chi connectivity index (χ3n) is 3.99. The number of aromatic amines is 1. The van der Waals surface area contributed by atoms with Gasteiger partial charge in [-0.25, -0.2) is 4.98 Å². The van der Waals surface area contributed by atoms with Crippen LogP contribution in [0.3, 0.4) is 0 Å². The lowest BCUT2D eigenvalue weighted by Crippen LogP contribution is -2.10. The van der Waals surface area contributed by atoms with Gasteiger partial charge in [-0.15, -0.1) is 0 Å². The maximum Gasteiger partial charge on any atom is 0.277 e. The van der Waals surface area contributed by atoms with Gasteiger partial charge in [-0.05, 0) is 24.8 Å². The van der Waals surface area contributed by atoms with Gasteiger partial charge in [0.05, 0.1) is 0 Å². The van der Waals surface area contributed by atoms with Crippen LogP contribution >= 0.6 is 0 Å².